The molecule has 15 heavy (non-hydrogen) atoms. The summed E-state index contributed by atoms with van der Waals surface area (Å²) in [5.41, 5.74) is 5.52. The number of ketones is 1. The SMILES string of the molecule is CCCCC(N)C(=O)CCCC(F)(F)F. The summed E-state index contributed by atoms with van der Waals surface area (Å²) >= 11 is 0. The molecule has 0 aliphatic heterocycles. The van der Waals surface area contributed by atoms with E-state index < -0.39 is 18.6 Å². The Morgan fingerprint density at radius 3 is 2.40 bits per heavy atom. The van der Waals surface area contributed by atoms with Gasteiger partial charge in [0.05, 0.1) is 6.04 Å². The summed E-state index contributed by atoms with van der Waals surface area (Å²) < 4.78 is 35.3. The van der Waals surface area contributed by atoms with Crippen LogP contribution in [0.3, 0.4) is 0 Å². The summed E-state index contributed by atoms with van der Waals surface area (Å²) in [6, 6.07) is -0.585. The van der Waals surface area contributed by atoms with Crippen LogP contribution in [0, 0.1) is 0 Å². The average Bonchev–Trinajstić information content (AvgIpc) is 2.11. The van der Waals surface area contributed by atoms with Crippen LogP contribution in [-0.2, 0) is 4.79 Å². The van der Waals surface area contributed by atoms with Gasteiger partial charge in [0.2, 0.25) is 0 Å². The van der Waals surface area contributed by atoms with Crippen LogP contribution in [-0.4, -0.2) is 18.0 Å². The molecular weight excluding hydrogens is 207 g/mol. The molecule has 0 aliphatic carbocycles. The molecule has 0 saturated heterocycles. The average molecular weight is 225 g/mol. The molecule has 0 fully saturated rings. The third kappa shape index (κ3) is 8.42. The van der Waals surface area contributed by atoms with Gasteiger partial charge in [-0.1, -0.05) is 19.8 Å². The topological polar surface area (TPSA) is 43.1 Å². The van der Waals surface area contributed by atoms with E-state index >= 15 is 0 Å². The van der Waals surface area contributed by atoms with E-state index in [1.165, 1.54) is 0 Å². The molecule has 0 heterocycles. The number of halogens is 3. The Hall–Kier alpha value is -0.580. The monoisotopic (exact) mass is 225 g/mol. The van der Waals surface area contributed by atoms with Crippen molar-refractivity contribution in [3.63, 3.8) is 0 Å². The summed E-state index contributed by atoms with van der Waals surface area (Å²) in [7, 11) is 0. The molecule has 2 nitrogen and oxygen atoms in total. The Bertz CT molecular complexity index is 192. The Balaban J connectivity index is 3.64. The lowest BCUT2D eigenvalue weighted by Crippen LogP contribution is -2.30. The molecule has 0 aliphatic rings. The van der Waals surface area contributed by atoms with E-state index in [0.29, 0.717) is 6.42 Å². The zero-order valence-corrected chi connectivity index (χ0v) is 8.94. The molecule has 1 atom stereocenters. The maximum Gasteiger partial charge on any atom is 0.389 e. The molecule has 0 bridgehead atoms. The normalized spacial score (nSPS) is 13.9. The van der Waals surface area contributed by atoms with E-state index in [0.717, 1.165) is 12.8 Å². The summed E-state index contributed by atoms with van der Waals surface area (Å²) in [6.45, 7) is 1.97. The molecule has 0 saturated carbocycles. The second-order valence-electron chi connectivity index (χ2n) is 3.68. The molecule has 2 N–H and O–H groups in total. The van der Waals surface area contributed by atoms with Crippen LogP contribution in [0.2, 0.25) is 0 Å². The first-order chi connectivity index (χ1) is 6.87. The van der Waals surface area contributed by atoms with Crippen molar-refractivity contribution in [3.05, 3.63) is 0 Å². The van der Waals surface area contributed by atoms with Gasteiger partial charge in [-0.3, -0.25) is 4.79 Å². The van der Waals surface area contributed by atoms with Gasteiger partial charge in [-0.15, -0.1) is 0 Å². The maximum atomic E-state index is 11.8. The fraction of sp³-hybridized carbons (Fsp3) is 0.900. The number of nitrogens with two attached hydrogens (primary N) is 1. The van der Waals surface area contributed by atoms with Gasteiger partial charge in [0.15, 0.2) is 0 Å². The predicted octanol–water partition coefficient (Wildman–Crippen LogP) is 2.81. The lowest BCUT2D eigenvalue weighted by Gasteiger charge is -2.10. The quantitative estimate of drug-likeness (QED) is 0.724. The van der Waals surface area contributed by atoms with Gasteiger partial charge in [-0.2, -0.15) is 13.2 Å². The largest absolute Gasteiger partial charge is 0.389 e. The number of carbonyl (C=O) groups excluding carboxylic acids is 1. The minimum absolute atomic E-state index is 0.0651. The lowest BCUT2D eigenvalue weighted by atomic mass is 10.0. The molecule has 0 aromatic heterocycles. The molecular formula is C10H18F3NO. The van der Waals surface area contributed by atoms with Crippen molar-refractivity contribution < 1.29 is 18.0 Å². The van der Waals surface area contributed by atoms with Gasteiger partial charge in [0, 0.05) is 12.8 Å². The van der Waals surface area contributed by atoms with Crippen LogP contribution in [0.25, 0.3) is 0 Å². The maximum absolute atomic E-state index is 11.8. The molecule has 0 aromatic carbocycles. The third-order valence-corrected chi connectivity index (χ3v) is 2.17. The second-order valence-corrected chi connectivity index (χ2v) is 3.68. The smallest absolute Gasteiger partial charge is 0.322 e. The Labute approximate surface area is 88.0 Å². The highest BCUT2D eigenvalue weighted by Gasteiger charge is 2.27. The number of hydrogen-bond donors (Lipinski definition) is 1. The first-order valence-electron chi connectivity index (χ1n) is 5.22. The van der Waals surface area contributed by atoms with E-state index in [4.69, 9.17) is 5.73 Å². The van der Waals surface area contributed by atoms with Gasteiger partial charge >= 0.3 is 6.18 Å². The van der Waals surface area contributed by atoms with E-state index in [-0.39, 0.29) is 18.6 Å². The summed E-state index contributed by atoms with van der Waals surface area (Å²) in [4.78, 5) is 11.2. The third-order valence-electron chi connectivity index (χ3n) is 2.17. The van der Waals surface area contributed by atoms with Crippen LogP contribution in [0.4, 0.5) is 13.2 Å². The molecule has 0 radical (unpaired) electrons. The number of Topliss-reactive ketones (excluding diaryl/α,β-unsaturated/α-hetero) is 1. The van der Waals surface area contributed by atoms with E-state index in [2.05, 4.69) is 0 Å². The van der Waals surface area contributed by atoms with E-state index in [1.807, 2.05) is 6.92 Å². The molecule has 0 amide bonds. The minimum Gasteiger partial charge on any atom is -0.322 e. The molecule has 0 spiro atoms. The van der Waals surface area contributed by atoms with Crippen LogP contribution < -0.4 is 5.73 Å². The van der Waals surface area contributed by atoms with Crippen molar-refractivity contribution in [2.75, 3.05) is 0 Å². The molecule has 0 aromatic rings. The number of alkyl halides is 3. The van der Waals surface area contributed by atoms with Crippen molar-refractivity contribution in [1.82, 2.24) is 0 Å². The standard InChI is InChI=1S/C10H18F3NO/c1-2-3-5-8(14)9(15)6-4-7-10(11,12)13/h8H,2-7,14H2,1H3. The zero-order valence-electron chi connectivity index (χ0n) is 8.94. The highest BCUT2D eigenvalue weighted by Crippen LogP contribution is 2.22. The highest BCUT2D eigenvalue weighted by molar-refractivity contribution is 5.83. The van der Waals surface area contributed by atoms with E-state index in [1.54, 1.807) is 0 Å². The van der Waals surface area contributed by atoms with Crippen molar-refractivity contribution >= 4 is 5.78 Å². The summed E-state index contributed by atoms with van der Waals surface area (Å²) in [5, 5.41) is 0. The number of hydrogen-bond acceptors (Lipinski definition) is 2. The Morgan fingerprint density at radius 1 is 1.33 bits per heavy atom. The second kappa shape index (κ2) is 6.82. The first kappa shape index (κ1) is 14.4. The number of carbonyl (C=O) groups is 1. The van der Waals surface area contributed by atoms with E-state index in [9.17, 15) is 18.0 Å². The minimum atomic E-state index is -4.17. The zero-order chi connectivity index (χ0) is 11.9. The fourth-order valence-electron chi connectivity index (χ4n) is 1.23. The number of rotatable bonds is 7. The van der Waals surface area contributed by atoms with Gasteiger partial charge < -0.3 is 5.73 Å². The van der Waals surface area contributed by atoms with Crippen molar-refractivity contribution in [1.29, 1.82) is 0 Å². The van der Waals surface area contributed by atoms with Crippen LogP contribution in [0.1, 0.15) is 45.4 Å². The summed E-state index contributed by atoms with van der Waals surface area (Å²) in [6.07, 6.45) is -2.95. The van der Waals surface area contributed by atoms with Crippen LogP contribution in [0.15, 0.2) is 0 Å². The number of unbranched alkanes of at least 4 members (excludes halogenated alkanes) is 1. The molecule has 5 heteroatoms. The molecule has 1 unspecified atom stereocenters. The van der Waals surface area contributed by atoms with Gasteiger partial charge in [-0.25, -0.2) is 0 Å². The highest BCUT2D eigenvalue weighted by atomic mass is 19.4. The Kier molecular flexibility index (Phi) is 6.56. The van der Waals surface area contributed by atoms with Gasteiger partial charge in [0.1, 0.15) is 5.78 Å². The van der Waals surface area contributed by atoms with Gasteiger partial charge in [-0.05, 0) is 12.8 Å². The first-order valence-corrected chi connectivity index (χ1v) is 5.22. The van der Waals surface area contributed by atoms with Crippen LogP contribution >= 0.6 is 0 Å². The lowest BCUT2D eigenvalue weighted by molar-refractivity contribution is -0.137. The van der Waals surface area contributed by atoms with Crippen molar-refractivity contribution in [2.24, 2.45) is 5.73 Å². The van der Waals surface area contributed by atoms with Crippen molar-refractivity contribution in [2.45, 2.75) is 57.7 Å². The van der Waals surface area contributed by atoms with Gasteiger partial charge in [0.25, 0.3) is 0 Å². The Morgan fingerprint density at radius 2 is 1.93 bits per heavy atom. The fourth-order valence-corrected chi connectivity index (χ4v) is 1.23. The van der Waals surface area contributed by atoms with Crippen LogP contribution in [0.5, 0.6) is 0 Å². The van der Waals surface area contributed by atoms with Crippen molar-refractivity contribution in [3.8, 4) is 0 Å². The molecule has 0 rings (SSSR count). The summed E-state index contributed by atoms with van der Waals surface area (Å²) in [5.74, 6) is -0.257. The molecule has 90 valence electrons. The predicted molar refractivity (Wildman–Crippen MR) is 52.4 cm³/mol.